The Balaban J connectivity index is 2.01. The van der Waals surface area contributed by atoms with E-state index in [2.05, 4.69) is 32.5 Å². The highest BCUT2D eigenvalue weighted by molar-refractivity contribution is 9.10. The topological polar surface area (TPSA) is 68.0 Å². The predicted molar refractivity (Wildman–Crippen MR) is 78.8 cm³/mol. The van der Waals surface area contributed by atoms with Crippen molar-refractivity contribution < 1.29 is 4.79 Å². The smallest absolute Gasteiger partial charge is 0.255 e. The molecule has 1 aliphatic rings. The summed E-state index contributed by atoms with van der Waals surface area (Å²) in [6, 6.07) is 1.70. The molecule has 1 aliphatic carbocycles. The largest absolute Gasteiger partial charge is 0.383 e. The van der Waals surface area contributed by atoms with E-state index in [-0.39, 0.29) is 16.5 Å². The van der Waals surface area contributed by atoms with Crippen molar-refractivity contribution in [2.24, 2.45) is 0 Å². The van der Waals surface area contributed by atoms with E-state index < -0.39 is 0 Å². The Morgan fingerprint density at radius 3 is 2.94 bits per heavy atom. The lowest BCUT2D eigenvalue weighted by atomic mass is 9.84. The highest BCUT2D eigenvalue weighted by atomic mass is 79.9. The van der Waals surface area contributed by atoms with E-state index in [9.17, 15) is 4.79 Å². The highest BCUT2D eigenvalue weighted by Crippen LogP contribution is 2.42. The zero-order chi connectivity index (χ0) is 13.2. The van der Waals surface area contributed by atoms with E-state index in [1.54, 1.807) is 12.3 Å². The molecule has 6 heteroatoms. The fourth-order valence-corrected chi connectivity index (χ4v) is 3.24. The molecule has 1 saturated carbocycles. The van der Waals surface area contributed by atoms with Gasteiger partial charge in [0.1, 0.15) is 5.82 Å². The van der Waals surface area contributed by atoms with Crippen molar-refractivity contribution in [3.05, 3.63) is 22.3 Å². The van der Waals surface area contributed by atoms with Crippen LogP contribution in [0.5, 0.6) is 0 Å². The summed E-state index contributed by atoms with van der Waals surface area (Å²) in [4.78, 5) is 16.0. The molecule has 2 rings (SSSR count). The third-order valence-corrected chi connectivity index (χ3v) is 5.25. The number of hydrogen-bond acceptors (Lipinski definition) is 4. The molecule has 0 unspecified atom stereocenters. The number of amides is 1. The first-order valence-corrected chi connectivity index (χ1v) is 7.82. The first-order chi connectivity index (χ1) is 8.56. The molecule has 1 fully saturated rings. The lowest BCUT2D eigenvalue weighted by Crippen LogP contribution is -2.45. The van der Waals surface area contributed by atoms with Crippen molar-refractivity contribution in [3.63, 3.8) is 0 Å². The monoisotopic (exact) mass is 329 g/mol. The van der Waals surface area contributed by atoms with Gasteiger partial charge in [0.25, 0.3) is 5.91 Å². The number of carbonyl (C=O) groups excluding carboxylic acids is 1. The third-order valence-electron chi connectivity index (χ3n) is 3.40. The van der Waals surface area contributed by atoms with E-state index in [1.165, 1.54) is 19.3 Å². The molecule has 0 spiro atoms. The van der Waals surface area contributed by atoms with Crippen LogP contribution in [-0.2, 0) is 0 Å². The minimum Gasteiger partial charge on any atom is -0.383 e. The van der Waals surface area contributed by atoms with Crippen LogP contribution in [0, 0.1) is 0 Å². The molecule has 4 nitrogen and oxygen atoms in total. The first-order valence-electron chi connectivity index (χ1n) is 5.81. The van der Waals surface area contributed by atoms with Gasteiger partial charge in [-0.2, -0.15) is 11.8 Å². The maximum absolute atomic E-state index is 12.1. The molecule has 0 bridgehead atoms. The zero-order valence-corrected chi connectivity index (χ0v) is 12.6. The number of nitrogen functional groups attached to an aromatic ring is 1. The van der Waals surface area contributed by atoms with Crippen molar-refractivity contribution in [3.8, 4) is 0 Å². The first kappa shape index (κ1) is 13.7. The quantitative estimate of drug-likeness (QED) is 0.890. The van der Waals surface area contributed by atoms with Crippen molar-refractivity contribution in [2.75, 3.05) is 18.5 Å². The average molecular weight is 330 g/mol. The summed E-state index contributed by atoms with van der Waals surface area (Å²) in [5.41, 5.74) is 6.14. The van der Waals surface area contributed by atoms with Gasteiger partial charge in [0.2, 0.25) is 0 Å². The number of rotatable bonds is 4. The van der Waals surface area contributed by atoms with E-state index in [0.717, 1.165) is 4.47 Å². The number of carbonyl (C=O) groups is 1. The molecular formula is C12H16BrN3OS. The second kappa shape index (κ2) is 5.48. The van der Waals surface area contributed by atoms with Gasteiger partial charge in [-0.1, -0.05) is 6.42 Å². The van der Waals surface area contributed by atoms with Crippen LogP contribution in [0.15, 0.2) is 16.7 Å². The fraction of sp³-hybridized carbons (Fsp3) is 0.500. The molecule has 0 saturated heterocycles. The van der Waals surface area contributed by atoms with Crippen LogP contribution in [0.4, 0.5) is 5.82 Å². The van der Waals surface area contributed by atoms with Crippen molar-refractivity contribution in [2.45, 2.75) is 24.0 Å². The predicted octanol–water partition coefficient (Wildman–Crippen LogP) is 2.44. The summed E-state index contributed by atoms with van der Waals surface area (Å²) in [5.74, 6) is 0.115. The maximum atomic E-state index is 12.1. The molecule has 1 heterocycles. The Morgan fingerprint density at radius 2 is 2.39 bits per heavy atom. The third kappa shape index (κ3) is 2.80. The van der Waals surface area contributed by atoms with Crippen LogP contribution < -0.4 is 11.1 Å². The lowest BCUT2D eigenvalue weighted by molar-refractivity contribution is 0.0944. The Kier molecular flexibility index (Phi) is 4.17. The summed E-state index contributed by atoms with van der Waals surface area (Å²) >= 11 is 5.12. The normalized spacial score (nSPS) is 17.0. The summed E-state index contributed by atoms with van der Waals surface area (Å²) in [7, 11) is 0. The Morgan fingerprint density at radius 1 is 1.67 bits per heavy atom. The number of hydrogen-bond donors (Lipinski definition) is 2. The second-order valence-electron chi connectivity index (χ2n) is 4.51. The van der Waals surface area contributed by atoms with Gasteiger partial charge in [0.05, 0.1) is 5.56 Å². The Hall–Kier alpha value is -0.750. The van der Waals surface area contributed by atoms with Gasteiger partial charge < -0.3 is 11.1 Å². The van der Waals surface area contributed by atoms with E-state index in [0.29, 0.717) is 12.1 Å². The molecule has 3 N–H and O–H groups in total. The Labute approximate surface area is 119 Å². The minimum absolute atomic E-state index is 0.151. The van der Waals surface area contributed by atoms with Gasteiger partial charge in [0.15, 0.2) is 0 Å². The number of pyridine rings is 1. The van der Waals surface area contributed by atoms with Gasteiger partial charge in [-0.25, -0.2) is 4.98 Å². The molecule has 1 amide bonds. The maximum Gasteiger partial charge on any atom is 0.255 e. The minimum atomic E-state index is -0.151. The molecule has 98 valence electrons. The van der Waals surface area contributed by atoms with Gasteiger partial charge in [-0.3, -0.25) is 4.79 Å². The number of nitrogens with one attached hydrogen (secondary N) is 1. The summed E-state index contributed by atoms with van der Waals surface area (Å²) in [6.07, 6.45) is 7.26. The number of nitrogens with zero attached hydrogens (tertiary/aromatic N) is 1. The number of nitrogens with two attached hydrogens (primary N) is 1. The van der Waals surface area contributed by atoms with Crippen LogP contribution >= 0.6 is 27.7 Å². The van der Waals surface area contributed by atoms with Gasteiger partial charge in [0, 0.05) is 22.0 Å². The number of aromatic nitrogens is 1. The van der Waals surface area contributed by atoms with Crippen LogP contribution in [0.3, 0.4) is 0 Å². The molecule has 0 aromatic carbocycles. The standard InChI is InChI=1S/C12H16BrN3OS/c1-18-12(3-2-4-12)7-16-11(17)9-5-8(13)6-15-10(9)14/h5-6H,2-4,7H2,1H3,(H2,14,15)(H,16,17). The number of anilines is 1. The molecule has 0 radical (unpaired) electrons. The summed E-state index contributed by atoms with van der Waals surface area (Å²) < 4.78 is 0.981. The molecule has 0 aliphatic heterocycles. The van der Waals surface area contributed by atoms with Gasteiger partial charge >= 0.3 is 0 Å². The molecule has 18 heavy (non-hydrogen) atoms. The van der Waals surface area contributed by atoms with Gasteiger partial charge in [-0.05, 0) is 41.1 Å². The lowest BCUT2D eigenvalue weighted by Gasteiger charge is -2.40. The molecule has 1 aromatic heterocycles. The Bertz CT molecular complexity index is 457. The van der Waals surface area contributed by atoms with Crippen LogP contribution in [-0.4, -0.2) is 28.4 Å². The average Bonchev–Trinajstić information content (AvgIpc) is 2.31. The molecular weight excluding hydrogens is 314 g/mol. The van der Waals surface area contributed by atoms with E-state index in [1.807, 2.05) is 11.8 Å². The zero-order valence-electron chi connectivity index (χ0n) is 10.2. The molecule has 0 atom stereocenters. The van der Waals surface area contributed by atoms with Crippen molar-refractivity contribution >= 4 is 39.4 Å². The van der Waals surface area contributed by atoms with E-state index in [4.69, 9.17) is 5.73 Å². The number of halogens is 1. The van der Waals surface area contributed by atoms with Crippen LogP contribution in [0.25, 0.3) is 0 Å². The molecule has 1 aromatic rings. The fourth-order valence-electron chi connectivity index (χ4n) is 1.99. The van der Waals surface area contributed by atoms with Gasteiger partial charge in [-0.15, -0.1) is 0 Å². The summed E-state index contributed by atoms with van der Waals surface area (Å²) in [5, 5.41) is 2.96. The number of thioether (sulfide) groups is 1. The second-order valence-corrected chi connectivity index (χ2v) is 6.70. The summed E-state index contributed by atoms with van der Waals surface area (Å²) in [6.45, 7) is 0.693. The van der Waals surface area contributed by atoms with E-state index >= 15 is 0 Å². The van der Waals surface area contributed by atoms with Crippen molar-refractivity contribution in [1.29, 1.82) is 0 Å². The SMILES string of the molecule is CSC1(CNC(=O)c2cc(Br)cnc2N)CCC1. The van der Waals surface area contributed by atoms with Crippen LogP contribution in [0.1, 0.15) is 29.6 Å². The van der Waals surface area contributed by atoms with Crippen molar-refractivity contribution in [1.82, 2.24) is 10.3 Å². The highest BCUT2D eigenvalue weighted by Gasteiger charge is 2.36. The van der Waals surface area contributed by atoms with Crippen LogP contribution in [0.2, 0.25) is 0 Å².